The molecule has 2 heterocycles. The van der Waals surface area contributed by atoms with E-state index in [1.807, 2.05) is 16.7 Å². The topological polar surface area (TPSA) is 123 Å². The molecule has 0 saturated heterocycles. The van der Waals surface area contributed by atoms with Crippen LogP contribution < -0.4 is 16.4 Å². The van der Waals surface area contributed by atoms with Gasteiger partial charge in [0.25, 0.3) is 0 Å². The highest BCUT2D eigenvalue weighted by Gasteiger charge is 2.14. The fourth-order valence-electron chi connectivity index (χ4n) is 4.18. The molecule has 10 nitrogen and oxygen atoms in total. The number of carbonyl (C=O) groups excluding carboxylic acids is 1. The zero-order valence-corrected chi connectivity index (χ0v) is 22.8. The first kappa shape index (κ1) is 28.3. The van der Waals surface area contributed by atoms with E-state index in [9.17, 15) is 4.79 Å². The number of hydrogen-bond acceptors (Lipinski definition) is 7. The number of imidazole rings is 1. The summed E-state index contributed by atoms with van der Waals surface area (Å²) in [5.41, 5.74) is 9.40. The molecule has 0 spiro atoms. The van der Waals surface area contributed by atoms with E-state index < -0.39 is 0 Å². The molecule has 3 rings (SSSR count). The number of anilines is 2. The second kappa shape index (κ2) is 13.3. The van der Waals surface area contributed by atoms with Gasteiger partial charge in [-0.2, -0.15) is 0 Å². The molecular weight excluding hydrogens is 468 g/mol. The fraction of sp³-hybridized carbons (Fsp3) is 0.556. The number of nitrogens with two attached hydrogens (primary N) is 1. The number of ether oxygens (including phenoxy) is 1. The SMILES string of the molecule is COC(CCn1cnc2c(N)ncnc21)CN(C)CCCCCNC(=O)Nc1ccc(C(C)(C)C)cc1. The average Bonchev–Trinajstić information content (AvgIpc) is 3.28. The summed E-state index contributed by atoms with van der Waals surface area (Å²) in [5.74, 6) is 0.397. The van der Waals surface area contributed by atoms with Crippen molar-refractivity contribution in [1.82, 2.24) is 29.7 Å². The number of fused-ring (bicyclic) bond motifs is 1. The second-order valence-electron chi connectivity index (χ2n) is 10.5. The van der Waals surface area contributed by atoms with Crippen LogP contribution in [0.1, 0.15) is 52.0 Å². The summed E-state index contributed by atoms with van der Waals surface area (Å²) in [7, 11) is 3.86. The van der Waals surface area contributed by atoms with Gasteiger partial charge in [-0.1, -0.05) is 39.3 Å². The van der Waals surface area contributed by atoms with Gasteiger partial charge in [0, 0.05) is 32.4 Å². The summed E-state index contributed by atoms with van der Waals surface area (Å²) in [6, 6.07) is 7.86. The van der Waals surface area contributed by atoms with E-state index >= 15 is 0 Å². The predicted octanol–water partition coefficient (Wildman–Crippen LogP) is 4.03. The summed E-state index contributed by atoms with van der Waals surface area (Å²) in [5, 5.41) is 5.84. The molecule has 1 aromatic carbocycles. The van der Waals surface area contributed by atoms with Crippen LogP contribution in [0.4, 0.5) is 16.3 Å². The first-order chi connectivity index (χ1) is 17.7. The summed E-state index contributed by atoms with van der Waals surface area (Å²) >= 11 is 0. The molecule has 2 aromatic heterocycles. The van der Waals surface area contributed by atoms with Crippen molar-refractivity contribution in [3.63, 3.8) is 0 Å². The van der Waals surface area contributed by atoms with E-state index in [1.54, 1.807) is 13.4 Å². The van der Waals surface area contributed by atoms with Crippen LogP contribution >= 0.6 is 0 Å². The Morgan fingerprint density at radius 2 is 1.89 bits per heavy atom. The van der Waals surface area contributed by atoms with Gasteiger partial charge in [0.2, 0.25) is 0 Å². The fourth-order valence-corrected chi connectivity index (χ4v) is 4.18. The Morgan fingerprint density at radius 3 is 2.59 bits per heavy atom. The number of carbonyl (C=O) groups is 1. The first-order valence-corrected chi connectivity index (χ1v) is 13.0. The molecule has 0 saturated carbocycles. The Morgan fingerprint density at radius 1 is 1.14 bits per heavy atom. The van der Waals surface area contributed by atoms with Crippen LogP contribution in [0.3, 0.4) is 0 Å². The van der Waals surface area contributed by atoms with Crippen LogP contribution in [0.15, 0.2) is 36.9 Å². The Bertz CT molecular complexity index is 1120. The van der Waals surface area contributed by atoms with Crippen LogP contribution in [-0.4, -0.2) is 70.3 Å². The summed E-state index contributed by atoms with van der Waals surface area (Å²) in [6.07, 6.45) is 7.21. The second-order valence-corrected chi connectivity index (χ2v) is 10.5. The quantitative estimate of drug-likeness (QED) is 0.297. The normalized spacial score (nSPS) is 12.7. The molecule has 0 bridgehead atoms. The van der Waals surface area contributed by atoms with Gasteiger partial charge in [-0.25, -0.2) is 19.7 Å². The molecule has 0 aliphatic heterocycles. The third-order valence-corrected chi connectivity index (χ3v) is 6.48. The lowest BCUT2D eigenvalue weighted by atomic mass is 9.87. The van der Waals surface area contributed by atoms with Crippen LogP contribution in [-0.2, 0) is 16.7 Å². The molecular formula is C27H42N8O2. The lowest BCUT2D eigenvalue weighted by Crippen LogP contribution is -2.32. The van der Waals surface area contributed by atoms with Gasteiger partial charge < -0.3 is 30.6 Å². The number of rotatable bonds is 13. The van der Waals surface area contributed by atoms with Gasteiger partial charge in [0.15, 0.2) is 11.5 Å². The molecule has 0 aliphatic carbocycles. The number of urea groups is 1. The molecule has 37 heavy (non-hydrogen) atoms. The number of unbranched alkanes of at least 4 members (excludes halogenated alkanes) is 2. The van der Waals surface area contributed by atoms with E-state index in [1.165, 1.54) is 11.9 Å². The average molecular weight is 511 g/mol. The summed E-state index contributed by atoms with van der Waals surface area (Å²) < 4.78 is 7.70. The zero-order valence-electron chi connectivity index (χ0n) is 22.8. The Hall–Kier alpha value is -3.24. The number of benzene rings is 1. The van der Waals surface area contributed by atoms with Crippen molar-refractivity contribution < 1.29 is 9.53 Å². The molecule has 0 radical (unpaired) electrons. The molecule has 4 N–H and O–H groups in total. The lowest BCUT2D eigenvalue weighted by molar-refractivity contribution is 0.0620. The van der Waals surface area contributed by atoms with Crippen LogP contribution in [0.2, 0.25) is 0 Å². The molecule has 202 valence electrons. The smallest absolute Gasteiger partial charge is 0.319 e. The van der Waals surface area contributed by atoms with Gasteiger partial charge in [0.1, 0.15) is 11.8 Å². The van der Waals surface area contributed by atoms with Crippen molar-refractivity contribution >= 4 is 28.7 Å². The number of nitrogens with zero attached hydrogens (tertiary/aromatic N) is 5. The van der Waals surface area contributed by atoms with Crippen molar-refractivity contribution in [3.05, 3.63) is 42.5 Å². The lowest BCUT2D eigenvalue weighted by Gasteiger charge is -2.23. The number of methoxy groups -OCH3 is 1. The van der Waals surface area contributed by atoms with E-state index in [2.05, 4.69) is 70.4 Å². The number of aromatic nitrogens is 4. The minimum atomic E-state index is -0.164. The van der Waals surface area contributed by atoms with Crippen LogP contribution in [0.25, 0.3) is 11.2 Å². The van der Waals surface area contributed by atoms with Crippen molar-refractivity contribution in [3.8, 4) is 0 Å². The molecule has 10 heteroatoms. The van der Waals surface area contributed by atoms with Gasteiger partial charge in [-0.3, -0.25) is 0 Å². The van der Waals surface area contributed by atoms with E-state index in [0.29, 0.717) is 17.9 Å². The summed E-state index contributed by atoms with van der Waals surface area (Å²) in [6.45, 7) is 9.74. The van der Waals surface area contributed by atoms with Crippen molar-refractivity contribution in [2.45, 2.75) is 64.5 Å². The molecule has 0 aliphatic rings. The number of nitrogen functional groups attached to an aromatic ring is 1. The Kier molecular flexibility index (Phi) is 10.2. The highest BCUT2D eigenvalue weighted by atomic mass is 16.5. The highest BCUT2D eigenvalue weighted by molar-refractivity contribution is 5.89. The maximum atomic E-state index is 12.2. The Balaban J connectivity index is 1.28. The first-order valence-electron chi connectivity index (χ1n) is 13.0. The van der Waals surface area contributed by atoms with E-state index in [0.717, 1.165) is 56.7 Å². The van der Waals surface area contributed by atoms with Crippen molar-refractivity contribution in [2.75, 3.05) is 44.8 Å². The number of likely N-dealkylation sites (N-methyl/N-ethyl adjacent to an activating group) is 1. The third-order valence-electron chi connectivity index (χ3n) is 6.48. The number of nitrogens with one attached hydrogen (secondary N) is 2. The monoisotopic (exact) mass is 510 g/mol. The molecule has 0 fully saturated rings. The van der Waals surface area contributed by atoms with Crippen LogP contribution in [0.5, 0.6) is 0 Å². The molecule has 1 atom stereocenters. The van der Waals surface area contributed by atoms with E-state index in [4.69, 9.17) is 10.5 Å². The predicted molar refractivity (Wildman–Crippen MR) is 149 cm³/mol. The largest absolute Gasteiger partial charge is 0.382 e. The molecule has 3 aromatic rings. The van der Waals surface area contributed by atoms with Crippen LogP contribution in [0, 0.1) is 0 Å². The summed E-state index contributed by atoms with van der Waals surface area (Å²) in [4.78, 5) is 27.1. The van der Waals surface area contributed by atoms with Gasteiger partial charge >= 0.3 is 6.03 Å². The van der Waals surface area contributed by atoms with E-state index in [-0.39, 0.29) is 17.6 Å². The van der Waals surface area contributed by atoms with Gasteiger partial charge in [0.05, 0.1) is 12.4 Å². The minimum absolute atomic E-state index is 0.0977. The number of hydrogen-bond donors (Lipinski definition) is 3. The third kappa shape index (κ3) is 8.68. The van der Waals surface area contributed by atoms with Gasteiger partial charge in [-0.05, 0) is 56.0 Å². The highest BCUT2D eigenvalue weighted by Crippen LogP contribution is 2.23. The maximum Gasteiger partial charge on any atom is 0.319 e. The minimum Gasteiger partial charge on any atom is -0.382 e. The van der Waals surface area contributed by atoms with Crippen molar-refractivity contribution in [1.29, 1.82) is 0 Å². The molecule has 1 unspecified atom stereocenters. The van der Waals surface area contributed by atoms with Gasteiger partial charge in [-0.15, -0.1) is 0 Å². The molecule has 2 amide bonds. The Labute approximate surface area is 220 Å². The number of aryl methyl sites for hydroxylation is 1. The maximum absolute atomic E-state index is 12.2. The zero-order chi connectivity index (χ0) is 26.8. The number of amides is 2. The standard InChI is InChI=1S/C27H42N8O2/c1-27(2,3)20-9-11-21(12-10-20)33-26(36)29-14-7-6-8-15-34(4)17-22(37-5)13-16-35-19-32-23-24(28)30-18-31-25(23)35/h9-12,18-19,22H,6-8,13-17H2,1-5H3,(H2,28,30,31)(H2,29,33,36). The van der Waals surface area contributed by atoms with Crippen molar-refractivity contribution in [2.24, 2.45) is 0 Å².